The molecule has 27 heavy (non-hydrogen) atoms. The lowest BCUT2D eigenvalue weighted by atomic mass is 10.1. The number of aliphatic hydroxyl groups is 2. The van der Waals surface area contributed by atoms with Crippen LogP contribution in [0, 0.1) is 6.92 Å². The van der Waals surface area contributed by atoms with E-state index in [1.807, 2.05) is 31.2 Å². The Morgan fingerprint density at radius 1 is 1.22 bits per heavy atom. The number of aryl methyl sites for hydroxylation is 1. The summed E-state index contributed by atoms with van der Waals surface area (Å²) in [6.45, 7) is 1.91. The number of benzene rings is 1. The maximum absolute atomic E-state index is 10.6. The molecule has 3 heterocycles. The highest BCUT2D eigenvalue weighted by atomic mass is 16.6. The second-order valence-corrected chi connectivity index (χ2v) is 6.46. The van der Waals surface area contributed by atoms with Gasteiger partial charge in [0.05, 0.1) is 19.5 Å². The number of aliphatic hydroxyl groups excluding tert-OH is 2. The Hall–Kier alpha value is -2.59. The second kappa shape index (κ2) is 7.20. The van der Waals surface area contributed by atoms with E-state index >= 15 is 0 Å². The molecule has 1 fully saturated rings. The van der Waals surface area contributed by atoms with E-state index in [1.54, 1.807) is 4.57 Å². The quantitative estimate of drug-likeness (QED) is 0.597. The fourth-order valence-corrected chi connectivity index (χ4v) is 3.26. The fourth-order valence-electron chi connectivity index (χ4n) is 3.26. The van der Waals surface area contributed by atoms with E-state index in [2.05, 4.69) is 15.0 Å². The molecule has 0 saturated carbocycles. The lowest BCUT2D eigenvalue weighted by Crippen LogP contribution is -2.35. The smallest absolute Gasteiger partial charge is 0.242 e. The van der Waals surface area contributed by atoms with Crippen LogP contribution in [0.25, 0.3) is 11.2 Å². The van der Waals surface area contributed by atoms with Crippen LogP contribution >= 0.6 is 0 Å². The third-order valence-corrected chi connectivity index (χ3v) is 4.80. The topological polar surface area (TPSA) is 123 Å². The molecule has 0 aliphatic carbocycles. The summed E-state index contributed by atoms with van der Waals surface area (Å²) in [5, 5.41) is 29.9. The molecule has 142 valence electrons. The van der Waals surface area contributed by atoms with Crippen molar-refractivity contribution in [1.82, 2.24) is 19.5 Å². The van der Waals surface area contributed by atoms with Gasteiger partial charge in [-0.05, 0) is 18.1 Å². The second-order valence-electron chi connectivity index (χ2n) is 6.46. The molecular formula is C18H20N4O5. The number of hydrogen-bond acceptors (Lipinski definition) is 8. The van der Waals surface area contributed by atoms with Crippen LogP contribution in [-0.4, -0.2) is 59.8 Å². The van der Waals surface area contributed by atoms with Gasteiger partial charge in [-0.15, -0.1) is 0 Å². The summed E-state index contributed by atoms with van der Waals surface area (Å²) in [5.41, 5.74) is 2.64. The molecule has 0 radical (unpaired) electrons. The molecule has 0 amide bonds. The predicted molar refractivity (Wildman–Crippen MR) is 93.7 cm³/mol. The number of nitrogens with zero attached hydrogens (tertiary/aromatic N) is 4. The third-order valence-electron chi connectivity index (χ3n) is 4.80. The van der Waals surface area contributed by atoms with Gasteiger partial charge in [-0.25, -0.2) is 9.97 Å². The maximum Gasteiger partial charge on any atom is 0.242 e. The van der Waals surface area contributed by atoms with Gasteiger partial charge in [0.15, 0.2) is 17.4 Å². The van der Waals surface area contributed by atoms with Gasteiger partial charge in [0.2, 0.25) is 5.88 Å². The zero-order chi connectivity index (χ0) is 19.0. The number of rotatable bonds is 5. The SMILES string of the molecule is Cc1ccccc1CO[C@@H]1[C@H](O)[C@@H](CO)O[C@H]1n1cnc2c(O)ncnc21. The number of aromatic hydroxyl groups is 1. The molecule has 1 aliphatic rings. The highest BCUT2D eigenvalue weighted by Crippen LogP contribution is 2.34. The van der Waals surface area contributed by atoms with Crippen molar-refractivity contribution in [2.24, 2.45) is 0 Å². The van der Waals surface area contributed by atoms with Gasteiger partial charge >= 0.3 is 0 Å². The normalized spacial score (nSPS) is 25.3. The molecule has 9 nitrogen and oxygen atoms in total. The monoisotopic (exact) mass is 372 g/mol. The number of imidazole rings is 1. The average Bonchev–Trinajstić information content (AvgIpc) is 3.23. The Bertz CT molecular complexity index is 946. The van der Waals surface area contributed by atoms with Crippen molar-refractivity contribution in [1.29, 1.82) is 0 Å². The van der Waals surface area contributed by atoms with Crippen LogP contribution in [0.5, 0.6) is 5.88 Å². The molecule has 0 unspecified atom stereocenters. The molecule has 0 bridgehead atoms. The van der Waals surface area contributed by atoms with Crippen molar-refractivity contribution in [2.75, 3.05) is 6.61 Å². The Morgan fingerprint density at radius 3 is 2.81 bits per heavy atom. The molecule has 1 saturated heterocycles. The van der Waals surface area contributed by atoms with Crippen LogP contribution < -0.4 is 0 Å². The number of aromatic nitrogens is 4. The summed E-state index contributed by atoms with van der Waals surface area (Å²) >= 11 is 0. The summed E-state index contributed by atoms with van der Waals surface area (Å²) in [5.74, 6) is -0.242. The van der Waals surface area contributed by atoms with Crippen molar-refractivity contribution in [3.05, 3.63) is 48.0 Å². The van der Waals surface area contributed by atoms with E-state index in [1.165, 1.54) is 12.7 Å². The van der Waals surface area contributed by atoms with Crippen molar-refractivity contribution >= 4 is 11.2 Å². The minimum absolute atomic E-state index is 0.223. The first-order chi connectivity index (χ1) is 13.1. The molecule has 3 aromatic rings. The Kier molecular flexibility index (Phi) is 4.75. The molecule has 1 aliphatic heterocycles. The third kappa shape index (κ3) is 3.15. The van der Waals surface area contributed by atoms with Crippen molar-refractivity contribution in [2.45, 2.75) is 38.1 Å². The first kappa shape index (κ1) is 17.8. The van der Waals surface area contributed by atoms with E-state index in [0.29, 0.717) is 5.65 Å². The van der Waals surface area contributed by atoms with Gasteiger partial charge < -0.3 is 24.8 Å². The number of fused-ring (bicyclic) bond motifs is 1. The van der Waals surface area contributed by atoms with Gasteiger partial charge in [0, 0.05) is 0 Å². The van der Waals surface area contributed by atoms with Crippen LogP contribution in [0.1, 0.15) is 17.4 Å². The molecule has 2 aromatic heterocycles. The molecule has 3 N–H and O–H groups in total. The first-order valence-electron chi connectivity index (χ1n) is 8.57. The van der Waals surface area contributed by atoms with Crippen LogP contribution in [0.2, 0.25) is 0 Å². The van der Waals surface area contributed by atoms with Crippen LogP contribution in [-0.2, 0) is 16.1 Å². The Balaban J connectivity index is 1.64. The maximum atomic E-state index is 10.6. The van der Waals surface area contributed by atoms with Gasteiger partial charge in [0.25, 0.3) is 0 Å². The summed E-state index contributed by atoms with van der Waals surface area (Å²) < 4.78 is 13.4. The zero-order valence-corrected chi connectivity index (χ0v) is 14.6. The molecule has 0 spiro atoms. The van der Waals surface area contributed by atoms with E-state index in [-0.39, 0.29) is 24.6 Å². The Morgan fingerprint density at radius 2 is 2.04 bits per heavy atom. The number of hydrogen-bond donors (Lipinski definition) is 3. The van der Waals surface area contributed by atoms with Crippen LogP contribution in [0.4, 0.5) is 0 Å². The molecule has 4 atom stereocenters. The minimum Gasteiger partial charge on any atom is -0.492 e. The number of ether oxygens (including phenoxy) is 2. The standard InChI is InChI=1S/C18H20N4O5/c1-10-4-2-3-5-11(10)7-26-15-14(24)12(6-23)27-18(15)22-9-21-13-16(22)19-8-20-17(13)25/h2-5,8-9,12,14-15,18,23-24H,6-7H2,1H3,(H,19,20,25)/t12-,14-,15-,18-/m1/s1. The van der Waals surface area contributed by atoms with E-state index in [9.17, 15) is 15.3 Å². The van der Waals surface area contributed by atoms with Crippen molar-refractivity contribution in [3.63, 3.8) is 0 Å². The summed E-state index contributed by atoms with van der Waals surface area (Å²) in [6.07, 6.45) is -0.688. The van der Waals surface area contributed by atoms with E-state index in [0.717, 1.165) is 11.1 Å². The van der Waals surface area contributed by atoms with Gasteiger partial charge in [0.1, 0.15) is 24.6 Å². The summed E-state index contributed by atoms with van der Waals surface area (Å²) in [4.78, 5) is 12.0. The fraction of sp³-hybridized carbons (Fsp3) is 0.389. The van der Waals surface area contributed by atoms with Gasteiger partial charge in [-0.1, -0.05) is 24.3 Å². The average molecular weight is 372 g/mol. The van der Waals surface area contributed by atoms with Gasteiger partial charge in [-0.3, -0.25) is 4.57 Å². The van der Waals surface area contributed by atoms with Crippen LogP contribution in [0.3, 0.4) is 0 Å². The summed E-state index contributed by atoms with van der Waals surface area (Å²) in [7, 11) is 0. The first-order valence-corrected chi connectivity index (χ1v) is 8.57. The molecular weight excluding hydrogens is 352 g/mol. The Labute approximate surface area is 154 Å². The molecule has 9 heteroatoms. The lowest BCUT2D eigenvalue weighted by Gasteiger charge is -2.22. The highest BCUT2D eigenvalue weighted by molar-refractivity contribution is 5.75. The zero-order valence-electron chi connectivity index (χ0n) is 14.6. The lowest BCUT2D eigenvalue weighted by molar-refractivity contribution is -0.0762. The van der Waals surface area contributed by atoms with E-state index in [4.69, 9.17) is 9.47 Å². The van der Waals surface area contributed by atoms with Gasteiger partial charge in [-0.2, -0.15) is 4.98 Å². The largest absolute Gasteiger partial charge is 0.492 e. The summed E-state index contributed by atoms with van der Waals surface area (Å²) in [6, 6.07) is 7.80. The minimum atomic E-state index is -1.03. The highest BCUT2D eigenvalue weighted by Gasteiger charge is 2.46. The predicted octanol–water partition coefficient (Wildman–Crippen LogP) is 0.676. The molecule has 1 aromatic carbocycles. The van der Waals surface area contributed by atoms with E-state index < -0.39 is 24.5 Å². The van der Waals surface area contributed by atoms with Crippen molar-refractivity contribution < 1.29 is 24.8 Å². The molecule has 4 rings (SSSR count). The van der Waals surface area contributed by atoms with Crippen LogP contribution in [0.15, 0.2) is 36.9 Å². The van der Waals surface area contributed by atoms with Crippen molar-refractivity contribution in [3.8, 4) is 5.88 Å².